The Balaban J connectivity index is 0.000000540. The van der Waals surface area contributed by atoms with Gasteiger partial charge in [-0.25, -0.2) is 0 Å². The summed E-state index contributed by atoms with van der Waals surface area (Å²) in [4.78, 5) is 12.4. The van der Waals surface area contributed by atoms with Crippen LogP contribution in [0.25, 0.3) is 0 Å². The molecule has 0 saturated carbocycles. The predicted octanol–water partition coefficient (Wildman–Crippen LogP) is 23.0. The number of carbonyl (C=O) groups is 1. The second-order valence-electron chi connectivity index (χ2n) is 29.8. The topological polar surface area (TPSA) is 130 Å². The Labute approximate surface area is 523 Å². The number of aryl methyl sites for hydroxylation is 1. The number of phenols is 2. The fourth-order valence-corrected chi connectivity index (χ4v) is 14.5. The second-order valence-corrected chi connectivity index (χ2v) is 33.1. The summed E-state index contributed by atoms with van der Waals surface area (Å²) in [5, 5.41) is 22.1. The molecule has 0 aromatic heterocycles. The van der Waals surface area contributed by atoms with Gasteiger partial charge in [0.2, 0.25) is 0 Å². The first-order chi connectivity index (χ1) is 40.2. The van der Waals surface area contributed by atoms with E-state index in [1.54, 1.807) is 0 Å². The van der Waals surface area contributed by atoms with Crippen molar-refractivity contribution in [1.82, 2.24) is 0 Å². The van der Waals surface area contributed by atoms with Crippen molar-refractivity contribution in [3.05, 3.63) is 57.6 Å². The highest BCUT2D eigenvalue weighted by atomic mass is 31.2. The molecular formula is C73H130O10P2. The molecule has 0 unspecified atom stereocenters. The molecule has 0 radical (unpaired) electrons. The lowest BCUT2D eigenvalue weighted by Gasteiger charge is -2.43. The molecule has 3 heterocycles. The maximum atomic E-state index is 14.4. The van der Waals surface area contributed by atoms with E-state index in [-0.39, 0.29) is 52.2 Å². The first-order valence-corrected chi connectivity index (χ1v) is 37.5. The number of ether oxygens (including phenoxy) is 1. The molecule has 3 aliphatic rings. The van der Waals surface area contributed by atoms with Gasteiger partial charge in [-0.1, -0.05) is 314 Å². The van der Waals surface area contributed by atoms with E-state index < -0.39 is 16.2 Å². The molecule has 5 rings (SSSR count). The molecule has 12 heteroatoms. The average molecular weight is 1230 g/mol. The van der Waals surface area contributed by atoms with Gasteiger partial charge < -0.3 is 37.6 Å². The average Bonchev–Trinajstić information content (AvgIpc) is 2.98. The largest absolute Gasteiger partial charge is 0.507 e. The van der Waals surface area contributed by atoms with E-state index in [9.17, 15) is 19.6 Å². The Morgan fingerprint density at radius 3 is 1.01 bits per heavy atom. The molecule has 3 aliphatic heterocycles. The van der Waals surface area contributed by atoms with Crippen molar-refractivity contribution in [3.63, 3.8) is 0 Å². The van der Waals surface area contributed by atoms with Crippen molar-refractivity contribution in [3.8, 4) is 11.5 Å². The molecule has 3 saturated heterocycles. The second kappa shape index (κ2) is 40.7. The fourth-order valence-electron chi connectivity index (χ4n) is 11.5. The standard InChI is InChI=1S/C51H97O4P.C22H33O6P/c1-9-11-13-15-17-19-21-23-25-27-29-31-33-35-37-39-41-54-56(53,45-46-43-47(50(3,4)5)49(52)48(44-46)51(6,7)8)55-42-40-38-36-34-32-30-28-26-24-22-20-18-16-14-12-10-2;1-20(2,3)16-9-15(10-17(19(16)24)21(4,5)6)7-8-18(23)25-11-22-12-26-29(27-13-22)28-14-22/h43-44,52H,9-42,45H2,1-8H3;9-10,24H,7-8,11-14H2,1-6H3. The van der Waals surface area contributed by atoms with Gasteiger partial charge in [0.1, 0.15) is 18.1 Å². The van der Waals surface area contributed by atoms with Gasteiger partial charge >= 0.3 is 22.2 Å². The van der Waals surface area contributed by atoms with Crippen LogP contribution in [-0.4, -0.2) is 55.8 Å². The number of aromatic hydroxyl groups is 2. The van der Waals surface area contributed by atoms with E-state index in [2.05, 4.69) is 96.9 Å². The molecule has 2 aromatic rings. The molecule has 0 aliphatic carbocycles. The van der Waals surface area contributed by atoms with E-state index in [1.165, 1.54) is 180 Å². The summed E-state index contributed by atoms with van der Waals surface area (Å²) in [6.07, 6.45) is 43.6. The minimum atomic E-state index is -3.36. The van der Waals surface area contributed by atoms with Gasteiger partial charge in [-0.05, 0) is 74.3 Å². The Kier molecular flexibility index (Phi) is 36.9. The summed E-state index contributed by atoms with van der Waals surface area (Å²) in [5.74, 6) is 0.456. The lowest BCUT2D eigenvalue weighted by molar-refractivity contribution is -0.157. The molecule has 0 atom stereocenters. The van der Waals surface area contributed by atoms with Crippen LogP contribution in [0.5, 0.6) is 11.5 Å². The Hall–Kier alpha value is -2.03. The minimum absolute atomic E-state index is 0.193. The minimum Gasteiger partial charge on any atom is -0.507 e. The summed E-state index contributed by atoms with van der Waals surface area (Å²) in [7, 11) is -4.55. The van der Waals surface area contributed by atoms with Crippen molar-refractivity contribution in [2.24, 2.45) is 5.41 Å². The van der Waals surface area contributed by atoms with Gasteiger partial charge in [-0.15, -0.1) is 0 Å². The molecule has 0 spiro atoms. The van der Waals surface area contributed by atoms with Crippen LogP contribution >= 0.6 is 16.2 Å². The van der Waals surface area contributed by atoms with Crippen LogP contribution in [-0.2, 0) is 71.0 Å². The smallest absolute Gasteiger partial charge is 0.335 e. The fraction of sp³-hybridized carbons (Fsp3) is 0.822. The normalized spacial score (nSPS) is 16.7. The van der Waals surface area contributed by atoms with Crippen LogP contribution in [0.2, 0.25) is 0 Å². The van der Waals surface area contributed by atoms with Gasteiger partial charge in [0.05, 0.1) is 44.6 Å². The maximum Gasteiger partial charge on any atom is 0.335 e. The summed E-state index contributed by atoms with van der Waals surface area (Å²) in [5.41, 5.74) is 4.29. The molecule has 2 aromatic carbocycles. The first kappa shape index (κ1) is 77.2. The first-order valence-electron chi connectivity index (χ1n) is 34.7. The Morgan fingerprint density at radius 1 is 0.459 bits per heavy atom. The molecule has 0 amide bonds. The van der Waals surface area contributed by atoms with E-state index in [0.29, 0.717) is 51.0 Å². The zero-order chi connectivity index (χ0) is 62.8. The molecule has 3 fully saturated rings. The highest BCUT2D eigenvalue weighted by Gasteiger charge is 2.46. The maximum absolute atomic E-state index is 14.4. The highest BCUT2D eigenvalue weighted by molar-refractivity contribution is 7.53. The summed E-state index contributed by atoms with van der Waals surface area (Å²) >= 11 is 0. The third-order valence-corrected chi connectivity index (χ3v) is 20.0. The van der Waals surface area contributed by atoms with E-state index >= 15 is 0 Å². The summed E-state index contributed by atoms with van der Waals surface area (Å²) in [6.45, 7) is 32.5. The van der Waals surface area contributed by atoms with Crippen LogP contribution in [0, 0.1) is 5.41 Å². The molecule has 2 bridgehead atoms. The third kappa shape index (κ3) is 32.0. The lowest BCUT2D eigenvalue weighted by Crippen LogP contribution is -2.47. The predicted molar refractivity (Wildman–Crippen MR) is 360 cm³/mol. The Morgan fingerprint density at radius 2 is 0.729 bits per heavy atom. The number of benzene rings is 2. The van der Waals surface area contributed by atoms with E-state index in [0.717, 1.165) is 59.1 Å². The molecule has 10 nitrogen and oxygen atoms in total. The number of rotatable bonds is 43. The SMILES string of the molecule is CC(C)(C)c1cc(CCC(=O)OCC23COP(OC2)OC3)cc(C(C)(C)C)c1O.CCCCCCCCCCCCCCCCCCOP(=O)(Cc1cc(C(C)(C)C)c(O)c(C(C)(C)C)c1)OCCCCCCCCCCCCCCCCCC. The van der Waals surface area contributed by atoms with Crippen LogP contribution in [0.4, 0.5) is 0 Å². The van der Waals surface area contributed by atoms with Gasteiger partial charge in [-0.3, -0.25) is 9.36 Å². The third-order valence-electron chi connectivity index (χ3n) is 17.1. The highest BCUT2D eigenvalue weighted by Crippen LogP contribution is 2.54. The number of esters is 1. The van der Waals surface area contributed by atoms with Gasteiger partial charge in [0.15, 0.2) is 0 Å². The molecule has 2 N–H and O–H groups in total. The Bertz CT molecular complexity index is 2030. The number of fused-ring (bicyclic) bond motifs is 3. The summed E-state index contributed by atoms with van der Waals surface area (Å²) in [6, 6.07) is 8.09. The monoisotopic (exact) mass is 1230 g/mol. The number of hydrogen-bond acceptors (Lipinski definition) is 10. The van der Waals surface area contributed by atoms with Crippen LogP contribution in [0.3, 0.4) is 0 Å². The number of phenolic OH excluding ortho intramolecular Hbond substituents is 2. The lowest BCUT2D eigenvalue weighted by atomic mass is 9.78. The quantitative estimate of drug-likeness (QED) is 0.0376. The zero-order valence-electron chi connectivity index (χ0n) is 57.4. The molecule has 85 heavy (non-hydrogen) atoms. The number of carbonyl (C=O) groups excluding carboxylic acids is 1. The van der Waals surface area contributed by atoms with Crippen molar-refractivity contribution >= 4 is 22.2 Å². The van der Waals surface area contributed by atoms with Crippen molar-refractivity contribution in [1.29, 1.82) is 0 Å². The van der Waals surface area contributed by atoms with Crippen molar-refractivity contribution in [2.75, 3.05) is 39.6 Å². The van der Waals surface area contributed by atoms with Crippen LogP contribution in [0.1, 0.15) is 342 Å². The van der Waals surface area contributed by atoms with E-state index in [4.69, 9.17) is 27.4 Å². The van der Waals surface area contributed by atoms with E-state index in [1.807, 2.05) is 24.3 Å². The number of unbranched alkanes of at least 4 members (excludes halogenated alkanes) is 30. The van der Waals surface area contributed by atoms with Crippen LogP contribution < -0.4 is 0 Å². The van der Waals surface area contributed by atoms with Gasteiger partial charge in [-0.2, -0.15) is 0 Å². The van der Waals surface area contributed by atoms with Crippen molar-refractivity contribution < 1.29 is 46.9 Å². The summed E-state index contributed by atoms with van der Waals surface area (Å²) < 4.78 is 48.7. The van der Waals surface area contributed by atoms with Crippen LogP contribution in [0.15, 0.2) is 24.3 Å². The molecule has 492 valence electrons. The number of hydrogen-bond donors (Lipinski definition) is 2. The van der Waals surface area contributed by atoms with Gasteiger partial charge in [0, 0.05) is 6.42 Å². The zero-order valence-corrected chi connectivity index (χ0v) is 59.1. The van der Waals surface area contributed by atoms with Crippen molar-refractivity contribution in [2.45, 2.75) is 343 Å². The van der Waals surface area contributed by atoms with Gasteiger partial charge in [0.25, 0.3) is 0 Å². The molecular weight excluding hydrogens is 1100 g/mol.